The Hall–Kier alpha value is -3.09. The minimum Gasteiger partial charge on any atom is -0.340 e. The number of hydrogen-bond donors (Lipinski definition) is 0. The molecule has 3 aromatic heterocycles. The molecule has 0 aliphatic carbocycles. The van der Waals surface area contributed by atoms with Gasteiger partial charge in [-0.2, -0.15) is 4.98 Å². The first-order valence-electron chi connectivity index (χ1n) is 7.32. The van der Waals surface area contributed by atoms with Crippen LogP contribution in [0.4, 0.5) is 8.78 Å². The van der Waals surface area contributed by atoms with E-state index in [0.29, 0.717) is 35.2 Å². The molecule has 5 nitrogen and oxygen atoms in total. The second kappa shape index (κ2) is 5.52. The lowest BCUT2D eigenvalue weighted by atomic mass is 10.1. The van der Waals surface area contributed by atoms with Crippen molar-refractivity contribution in [2.75, 3.05) is 0 Å². The zero-order valence-electron chi connectivity index (χ0n) is 12.7. The summed E-state index contributed by atoms with van der Waals surface area (Å²) in [5.74, 6) is 0.218. The van der Waals surface area contributed by atoms with Crippen molar-refractivity contribution >= 4 is 5.65 Å². The summed E-state index contributed by atoms with van der Waals surface area (Å²) in [6.07, 6.45) is 1.67. The molecule has 0 spiro atoms. The molecule has 0 fully saturated rings. The van der Waals surface area contributed by atoms with Crippen LogP contribution in [0.1, 0.15) is 17.4 Å². The Bertz CT molecular complexity index is 1020. The van der Waals surface area contributed by atoms with Gasteiger partial charge in [0.25, 0.3) is 0 Å². The summed E-state index contributed by atoms with van der Waals surface area (Å²) in [6.45, 7) is 1.70. The van der Waals surface area contributed by atoms with Crippen LogP contribution in [0.25, 0.3) is 16.9 Å². The van der Waals surface area contributed by atoms with Gasteiger partial charge < -0.3 is 8.92 Å². The van der Waals surface area contributed by atoms with Crippen LogP contribution >= 0.6 is 0 Å². The van der Waals surface area contributed by atoms with Gasteiger partial charge in [-0.15, -0.1) is 0 Å². The van der Waals surface area contributed by atoms with Crippen LogP contribution in [0, 0.1) is 18.6 Å². The molecule has 0 radical (unpaired) electrons. The van der Waals surface area contributed by atoms with Crippen LogP contribution in [-0.4, -0.2) is 19.5 Å². The highest BCUT2D eigenvalue weighted by molar-refractivity contribution is 5.67. The van der Waals surface area contributed by atoms with Crippen molar-refractivity contribution in [2.24, 2.45) is 0 Å². The molecular formula is C17H12F2N4O. The van der Waals surface area contributed by atoms with Gasteiger partial charge in [0.1, 0.15) is 17.3 Å². The zero-order chi connectivity index (χ0) is 16.7. The zero-order valence-corrected chi connectivity index (χ0v) is 12.7. The molecule has 1 aromatic carbocycles. The minimum absolute atomic E-state index is 0.314. The molecule has 0 aliphatic heterocycles. The van der Waals surface area contributed by atoms with E-state index in [4.69, 9.17) is 4.52 Å². The predicted molar refractivity (Wildman–Crippen MR) is 82.4 cm³/mol. The Kier molecular flexibility index (Phi) is 3.34. The van der Waals surface area contributed by atoms with Crippen LogP contribution < -0.4 is 0 Å². The maximum Gasteiger partial charge on any atom is 0.223 e. The molecule has 120 valence electrons. The number of nitrogens with zero attached hydrogens (tertiary/aromatic N) is 4. The molecule has 4 aromatic rings. The van der Waals surface area contributed by atoms with Gasteiger partial charge in [-0.3, -0.25) is 0 Å². The van der Waals surface area contributed by atoms with Gasteiger partial charge in [0.05, 0.1) is 17.8 Å². The summed E-state index contributed by atoms with van der Waals surface area (Å²) in [4.78, 5) is 8.74. The molecule has 0 saturated heterocycles. The van der Waals surface area contributed by atoms with Crippen LogP contribution in [0.15, 0.2) is 47.1 Å². The van der Waals surface area contributed by atoms with E-state index in [2.05, 4.69) is 15.1 Å². The topological polar surface area (TPSA) is 56.2 Å². The fraction of sp³-hybridized carbons (Fsp3) is 0.118. The lowest BCUT2D eigenvalue weighted by Crippen LogP contribution is -1.99. The van der Waals surface area contributed by atoms with Gasteiger partial charge in [-0.05, 0) is 36.4 Å². The minimum atomic E-state index is -0.379. The number of fused-ring (bicyclic) bond motifs is 1. The summed E-state index contributed by atoms with van der Waals surface area (Å²) in [7, 11) is 0. The van der Waals surface area contributed by atoms with Crippen molar-refractivity contribution in [3.8, 4) is 11.3 Å². The monoisotopic (exact) mass is 326 g/mol. The molecule has 4 rings (SSSR count). The van der Waals surface area contributed by atoms with Gasteiger partial charge in [0, 0.05) is 18.7 Å². The molecule has 0 amide bonds. The van der Waals surface area contributed by atoms with E-state index in [0.717, 1.165) is 5.56 Å². The highest BCUT2D eigenvalue weighted by Crippen LogP contribution is 2.26. The Labute approximate surface area is 135 Å². The van der Waals surface area contributed by atoms with Crippen LogP contribution in [0.2, 0.25) is 0 Å². The van der Waals surface area contributed by atoms with Crippen LogP contribution in [0.3, 0.4) is 0 Å². The molecule has 0 aliphatic rings. The third-order valence-electron chi connectivity index (χ3n) is 3.69. The van der Waals surface area contributed by atoms with E-state index in [1.54, 1.807) is 29.5 Å². The van der Waals surface area contributed by atoms with Gasteiger partial charge in [-0.25, -0.2) is 13.8 Å². The average Bonchev–Trinajstić information content (AvgIpc) is 3.13. The normalized spacial score (nSPS) is 11.3. The maximum absolute atomic E-state index is 13.7. The van der Waals surface area contributed by atoms with E-state index >= 15 is 0 Å². The number of pyridine rings is 1. The second-order valence-electron chi connectivity index (χ2n) is 5.40. The van der Waals surface area contributed by atoms with Gasteiger partial charge in [0.15, 0.2) is 5.82 Å². The Morgan fingerprint density at radius 2 is 1.75 bits per heavy atom. The molecule has 0 unspecified atom stereocenters. The van der Waals surface area contributed by atoms with Crippen molar-refractivity contribution in [3.05, 3.63) is 71.6 Å². The molecule has 0 atom stereocenters. The number of imidazole rings is 1. The molecule has 7 heteroatoms. The van der Waals surface area contributed by atoms with Crippen molar-refractivity contribution < 1.29 is 13.3 Å². The molecule has 0 bridgehead atoms. The fourth-order valence-corrected chi connectivity index (χ4v) is 2.64. The number of halogens is 2. The van der Waals surface area contributed by atoms with E-state index < -0.39 is 0 Å². The second-order valence-corrected chi connectivity index (χ2v) is 5.40. The van der Waals surface area contributed by atoms with E-state index in [-0.39, 0.29) is 11.6 Å². The number of aryl methyl sites for hydroxylation is 1. The first-order chi connectivity index (χ1) is 11.6. The lowest BCUT2D eigenvalue weighted by Gasteiger charge is -2.03. The summed E-state index contributed by atoms with van der Waals surface area (Å²) >= 11 is 0. The Morgan fingerprint density at radius 3 is 2.46 bits per heavy atom. The summed E-state index contributed by atoms with van der Waals surface area (Å²) in [6, 6.07) is 8.94. The number of benzene rings is 1. The lowest BCUT2D eigenvalue weighted by molar-refractivity contribution is 0.388. The quantitative estimate of drug-likeness (QED) is 0.577. The molecule has 24 heavy (non-hydrogen) atoms. The van der Waals surface area contributed by atoms with E-state index in [1.807, 2.05) is 0 Å². The molecular weight excluding hydrogens is 314 g/mol. The number of aromatic nitrogens is 4. The van der Waals surface area contributed by atoms with Crippen LogP contribution in [0.5, 0.6) is 0 Å². The molecule has 0 N–H and O–H groups in total. The standard InChI is InChI=1S/C17H12F2N4O/c1-10-20-15(22-24-10)8-14-17(11-2-4-12(18)5-3-11)21-16-7-6-13(19)9-23(14)16/h2-7,9H,8H2,1H3. The third-order valence-corrected chi connectivity index (χ3v) is 3.69. The maximum atomic E-state index is 13.7. The highest BCUT2D eigenvalue weighted by Gasteiger charge is 2.17. The van der Waals surface area contributed by atoms with E-state index in [1.165, 1.54) is 24.4 Å². The Morgan fingerprint density at radius 1 is 1.00 bits per heavy atom. The molecule has 3 heterocycles. The highest BCUT2D eigenvalue weighted by atomic mass is 19.1. The SMILES string of the molecule is Cc1nc(Cc2c(-c3ccc(F)cc3)nc3ccc(F)cn23)no1. The van der Waals surface area contributed by atoms with Crippen molar-refractivity contribution in [3.63, 3.8) is 0 Å². The summed E-state index contributed by atoms with van der Waals surface area (Å²) < 4.78 is 33.5. The number of hydrogen-bond acceptors (Lipinski definition) is 4. The first-order valence-corrected chi connectivity index (χ1v) is 7.32. The third kappa shape index (κ3) is 2.54. The van der Waals surface area contributed by atoms with Gasteiger partial charge in [0.2, 0.25) is 5.89 Å². The van der Waals surface area contributed by atoms with Crippen LogP contribution in [-0.2, 0) is 6.42 Å². The van der Waals surface area contributed by atoms with Crippen molar-refractivity contribution in [1.82, 2.24) is 19.5 Å². The van der Waals surface area contributed by atoms with Gasteiger partial charge in [-0.1, -0.05) is 5.16 Å². The van der Waals surface area contributed by atoms with E-state index in [9.17, 15) is 8.78 Å². The fourth-order valence-electron chi connectivity index (χ4n) is 2.64. The number of rotatable bonds is 3. The molecule has 0 saturated carbocycles. The summed E-state index contributed by atoms with van der Waals surface area (Å²) in [5, 5.41) is 3.89. The van der Waals surface area contributed by atoms with Gasteiger partial charge >= 0.3 is 0 Å². The Balaban J connectivity index is 1.91. The average molecular weight is 326 g/mol. The predicted octanol–water partition coefficient (Wildman–Crippen LogP) is 3.56. The first kappa shape index (κ1) is 14.5. The van der Waals surface area contributed by atoms with Crippen molar-refractivity contribution in [2.45, 2.75) is 13.3 Å². The van der Waals surface area contributed by atoms with Crippen molar-refractivity contribution in [1.29, 1.82) is 0 Å². The smallest absolute Gasteiger partial charge is 0.223 e. The summed E-state index contributed by atoms with van der Waals surface area (Å²) in [5.41, 5.74) is 2.65. The largest absolute Gasteiger partial charge is 0.340 e.